The predicted molar refractivity (Wildman–Crippen MR) is 107 cm³/mol. The zero-order valence-electron chi connectivity index (χ0n) is 15.8. The van der Waals surface area contributed by atoms with Gasteiger partial charge in [0, 0.05) is 35.2 Å². The minimum Gasteiger partial charge on any atom is -0.507 e. The van der Waals surface area contributed by atoms with Crippen LogP contribution in [0.4, 0.5) is 0 Å². The summed E-state index contributed by atoms with van der Waals surface area (Å²) in [5.74, 6) is -0.514. The van der Waals surface area contributed by atoms with Crippen molar-refractivity contribution in [1.29, 1.82) is 5.26 Å². The molecule has 0 aliphatic carbocycles. The minimum atomic E-state index is -0.434. The van der Waals surface area contributed by atoms with E-state index in [2.05, 4.69) is 0 Å². The zero-order valence-corrected chi connectivity index (χ0v) is 15.8. The highest BCUT2D eigenvalue weighted by Crippen LogP contribution is 2.44. The fraction of sp³-hybridized carbons (Fsp3) is 0.273. The van der Waals surface area contributed by atoms with Crippen LogP contribution in [0.3, 0.4) is 0 Å². The molecule has 3 N–H and O–H groups in total. The van der Waals surface area contributed by atoms with Gasteiger partial charge in [-0.05, 0) is 44.3 Å². The molecule has 7 nitrogen and oxygen atoms in total. The molecule has 1 aliphatic rings. The molecule has 3 aromatic rings. The molecule has 1 aromatic heterocycles. The number of likely N-dealkylation sites (N-methyl/N-ethyl adjacent to an activating group) is 1. The van der Waals surface area contributed by atoms with Gasteiger partial charge < -0.3 is 24.6 Å². The Balaban J connectivity index is 1.97. The van der Waals surface area contributed by atoms with E-state index in [4.69, 9.17) is 9.68 Å². The van der Waals surface area contributed by atoms with Gasteiger partial charge in [0.15, 0.2) is 5.43 Å². The number of phenolic OH excluding ortho intramolecular Hbond substituents is 2. The maximum Gasteiger partial charge on any atom is 0.197 e. The van der Waals surface area contributed by atoms with E-state index in [0.29, 0.717) is 23.1 Å². The van der Waals surface area contributed by atoms with Crippen molar-refractivity contribution >= 4 is 11.0 Å². The number of likely N-dealkylation sites (tertiary alicyclic amines) is 1. The standard InChI is InChI=1S/C22H20N2O5/c1-24-7-6-14(15(24)11-25)20-16(26)8-17(27)21-18(28)9-19(29-22(20)21)13-4-2-12(10-23)3-5-13/h2-5,8-9,14-15,25-27H,6-7,11H2,1H3. The van der Waals surface area contributed by atoms with Crippen LogP contribution in [-0.4, -0.2) is 46.5 Å². The first-order chi connectivity index (χ1) is 13.9. The van der Waals surface area contributed by atoms with Crippen LogP contribution in [0.2, 0.25) is 0 Å². The van der Waals surface area contributed by atoms with Crippen molar-refractivity contribution < 1.29 is 19.7 Å². The Morgan fingerprint density at radius 3 is 2.59 bits per heavy atom. The number of fused-ring (bicyclic) bond motifs is 1. The normalized spacial score (nSPS) is 19.5. The summed E-state index contributed by atoms with van der Waals surface area (Å²) in [5.41, 5.74) is 1.17. The molecule has 2 unspecified atom stereocenters. The molecule has 2 atom stereocenters. The lowest BCUT2D eigenvalue weighted by atomic mass is 9.89. The third kappa shape index (κ3) is 3.12. The van der Waals surface area contributed by atoms with E-state index < -0.39 is 5.43 Å². The van der Waals surface area contributed by atoms with E-state index in [1.807, 2.05) is 18.0 Å². The zero-order chi connectivity index (χ0) is 20.7. The summed E-state index contributed by atoms with van der Waals surface area (Å²) >= 11 is 0. The topological polar surface area (TPSA) is 118 Å². The van der Waals surface area contributed by atoms with Crippen LogP contribution < -0.4 is 5.43 Å². The largest absolute Gasteiger partial charge is 0.507 e. The number of rotatable bonds is 3. The molecule has 0 spiro atoms. The van der Waals surface area contributed by atoms with Crippen LogP contribution in [-0.2, 0) is 0 Å². The van der Waals surface area contributed by atoms with Gasteiger partial charge >= 0.3 is 0 Å². The molecular weight excluding hydrogens is 372 g/mol. The number of hydrogen-bond acceptors (Lipinski definition) is 7. The fourth-order valence-electron chi connectivity index (χ4n) is 4.14. The monoisotopic (exact) mass is 392 g/mol. The van der Waals surface area contributed by atoms with E-state index in [9.17, 15) is 20.1 Å². The lowest BCUT2D eigenvalue weighted by molar-refractivity contribution is 0.172. The number of aromatic hydroxyl groups is 2. The van der Waals surface area contributed by atoms with Crippen LogP contribution in [0.5, 0.6) is 11.5 Å². The molecule has 0 bridgehead atoms. The highest BCUT2D eigenvalue weighted by atomic mass is 16.3. The van der Waals surface area contributed by atoms with E-state index in [1.165, 1.54) is 6.07 Å². The average Bonchev–Trinajstić information content (AvgIpc) is 3.07. The highest BCUT2D eigenvalue weighted by Gasteiger charge is 2.36. The maximum atomic E-state index is 12.8. The highest BCUT2D eigenvalue weighted by molar-refractivity contribution is 5.89. The average molecular weight is 392 g/mol. The second kappa shape index (κ2) is 7.24. The summed E-state index contributed by atoms with van der Waals surface area (Å²) in [6.07, 6.45) is 0.667. The van der Waals surface area contributed by atoms with Crippen LogP contribution >= 0.6 is 0 Å². The van der Waals surface area contributed by atoms with Crippen molar-refractivity contribution in [2.24, 2.45) is 0 Å². The van der Waals surface area contributed by atoms with Crippen molar-refractivity contribution in [1.82, 2.24) is 4.90 Å². The number of aliphatic hydroxyl groups excluding tert-OH is 1. The molecule has 148 valence electrons. The third-order valence-electron chi connectivity index (χ3n) is 5.68. The molecule has 2 heterocycles. The number of nitrogens with zero attached hydrogens (tertiary/aromatic N) is 2. The lowest BCUT2D eigenvalue weighted by Crippen LogP contribution is -2.32. The number of aliphatic hydroxyl groups is 1. The lowest BCUT2D eigenvalue weighted by Gasteiger charge is -2.24. The second-order valence-corrected chi connectivity index (χ2v) is 7.32. The molecule has 2 aromatic carbocycles. The van der Waals surface area contributed by atoms with Gasteiger partial charge in [-0.1, -0.05) is 0 Å². The Bertz CT molecular complexity index is 1180. The van der Waals surface area contributed by atoms with Crippen LogP contribution in [0.25, 0.3) is 22.3 Å². The van der Waals surface area contributed by atoms with Crippen LogP contribution in [0.1, 0.15) is 23.5 Å². The number of phenols is 2. The number of benzene rings is 2. The van der Waals surface area contributed by atoms with Crippen molar-refractivity contribution in [3.63, 3.8) is 0 Å². The van der Waals surface area contributed by atoms with Crippen LogP contribution in [0.15, 0.2) is 45.6 Å². The van der Waals surface area contributed by atoms with E-state index in [0.717, 1.165) is 12.6 Å². The Morgan fingerprint density at radius 1 is 1.21 bits per heavy atom. The predicted octanol–water partition coefficient (Wildman–Crippen LogP) is 2.52. The van der Waals surface area contributed by atoms with Gasteiger partial charge in [-0.3, -0.25) is 4.79 Å². The third-order valence-corrected chi connectivity index (χ3v) is 5.68. The van der Waals surface area contributed by atoms with Crippen molar-refractivity contribution in [2.45, 2.75) is 18.4 Å². The first-order valence-electron chi connectivity index (χ1n) is 9.29. The van der Waals surface area contributed by atoms with Gasteiger partial charge in [-0.15, -0.1) is 0 Å². The van der Waals surface area contributed by atoms with Gasteiger partial charge in [0.05, 0.1) is 18.2 Å². The van der Waals surface area contributed by atoms with Gasteiger partial charge in [0.2, 0.25) is 0 Å². The van der Waals surface area contributed by atoms with Crippen molar-refractivity contribution in [2.75, 3.05) is 20.2 Å². The molecule has 4 rings (SSSR count). The van der Waals surface area contributed by atoms with Crippen molar-refractivity contribution in [3.05, 3.63) is 57.7 Å². The molecule has 0 amide bonds. The van der Waals surface area contributed by atoms with Gasteiger partial charge in [-0.2, -0.15) is 5.26 Å². The van der Waals surface area contributed by atoms with Crippen LogP contribution in [0, 0.1) is 11.3 Å². The fourth-order valence-corrected chi connectivity index (χ4v) is 4.14. The molecule has 1 aliphatic heterocycles. The molecule has 0 radical (unpaired) electrons. The van der Waals surface area contributed by atoms with Crippen molar-refractivity contribution in [3.8, 4) is 28.9 Å². The second-order valence-electron chi connectivity index (χ2n) is 7.32. The Labute approximate surface area is 166 Å². The summed E-state index contributed by atoms with van der Waals surface area (Å²) in [6, 6.07) is 10.8. The summed E-state index contributed by atoms with van der Waals surface area (Å²) in [4.78, 5) is 14.8. The molecule has 7 heteroatoms. The Morgan fingerprint density at radius 2 is 1.93 bits per heavy atom. The number of nitriles is 1. The maximum absolute atomic E-state index is 12.8. The van der Waals surface area contributed by atoms with Gasteiger partial charge in [0.25, 0.3) is 0 Å². The molecule has 1 fully saturated rings. The Kier molecular flexibility index (Phi) is 4.74. The van der Waals surface area contributed by atoms with E-state index >= 15 is 0 Å². The summed E-state index contributed by atoms with van der Waals surface area (Å²) in [6.45, 7) is 0.611. The molecular formula is C22H20N2O5. The van der Waals surface area contributed by atoms with E-state index in [1.54, 1.807) is 24.3 Å². The first kappa shape index (κ1) is 19.0. The minimum absolute atomic E-state index is 0.00133. The smallest absolute Gasteiger partial charge is 0.197 e. The number of hydrogen-bond donors (Lipinski definition) is 3. The summed E-state index contributed by atoms with van der Waals surface area (Å²) in [5, 5.41) is 39.7. The van der Waals surface area contributed by atoms with Gasteiger partial charge in [0.1, 0.15) is 28.2 Å². The molecule has 29 heavy (non-hydrogen) atoms. The molecule has 0 saturated carbocycles. The summed E-state index contributed by atoms with van der Waals surface area (Å²) < 4.78 is 6.03. The molecule has 1 saturated heterocycles. The quantitative estimate of drug-likeness (QED) is 0.627. The summed E-state index contributed by atoms with van der Waals surface area (Å²) in [7, 11) is 1.89. The van der Waals surface area contributed by atoms with Gasteiger partial charge in [-0.25, -0.2) is 0 Å². The SMILES string of the molecule is CN1CCC(c2c(O)cc(O)c3c(=O)cc(-c4ccc(C#N)cc4)oc23)C1CO. The Hall–Kier alpha value is -3.34. The first-order valence-corrected chi connectivity index (χ1v) is 9.29. The van der Waals surface area contributed by atoms with E-state index in [-0.39, 0.29) is 46.8 Å².